The Kier molecular flexibility index (Phi) is 4.31. The van der Waals surface area contributed by atoms with Crippen LogP contribution < -0.4 is 4.74 Å². The minimum atomic E-state index is 0.519. The summed E-state index contributed by atoms with van der Waals surface area (Å²) in [7, 11) is 0. The molecule has 0 saturated carbocycles. The van der Waals surface area contributed by atoms with E-state index >= 15 is 0 Å². The van der Waals surface area contributed by atoms with Crippen molar-refractivity contribution in [2.75, 3.05) is 6.61 Å². The molecule has 0 atom stereocenters. The second kappa shape index (κ2) is 6.92. The summed E-state index contributed by atoms with van der Waals surface area (Å²) in [6, 6.07) is 10.1. The summed E-state index contributed by atoms with van der Waals surface area (Å²) in [4.78, 5) is 17.5. The van der Waals surface area contributed by atoms with Gasteiger partial charge in [0.15, 0.2) is 0 Å². The summed E-state index contributed by atoms with van der Waals surface area (Å²) < 4.78 is 8.05. The van der Waals surface area contributed by atoms with Crippen molar-refractivity contribution in [2.45, 2.75) is 20.4 Å². The van der Waals surface area contributed by atoms with E-state index in [1.807, 2.05) is 48.9 Å². The number of benzene rings is 1. The van der Waals surface area contributed by atoms with Gasteiger partial charge in [-0.05, 0) is 26.0 Å². The summed E-state index contributed by atoms with van der Waals surface area (Å²) in [5, 5.41) is 1.08. The van der Waals surface area contributed by atoms with Crippen LogP contribution in [-0.4, -0.2) is 31.1 Å². The second-order valence-electron chi connectivity index (χ2n) is 6.09. The van der Waals surface area contributed by atoms with Gasteiger partial charge in [-0.2, -0.15) is 0 Å². The predicted molar refractivity (Wildman–Crippen MR) is 100.0 cm³/mol. The van der Waals surface area contributed by atoms with Gasteiger partial charge in [0.2, 0.25) is 0 Å². The molecule has 26 heavy (non-hydrogen) atoms. The minimum absolute atomic E-state index is 0.519. The van der Waals surface area contributed by atoms with Gasteiger partial charge in [0.1, 0.15) is 29.5 Å². The number of pyridine rings is 1. The highest BCUT2D eigenvalue weighted by Crippen LogP contribution is 2.24. The molecule has 0 spiro atoms. The molecule has 0 N–H and O–H groups in total. The van der Waals surface area contributed by atoms with Crippen molar-refractivity contribution >= 4 is 10.9 Å². The predicted octanol–water partition coefficient (Wildman–Crippen LogP) is 3.58. The van der Waals surface area contributed by atoms with Crippen LogP contribution in [0.5, 0.6) is 5.75 Å². The molecule has 3 aromatic heterocycles. The molecule has 0 aliphatic rings. The monoisotopic (exact) mass is 345 g/mol. The molecule has 6 heteroatoms. The van der Waals surface area contributed by atoms with Gasteiger partial charge in [-0.25, -0.2) is 19.9 Å². The number of hydrogen-bond acceptors (Lipinski definition) is 5. The van der Waals surface area contributed by atoms with Crippen LogP contribution in [0.15, 0.2) is 55.1 Å². The normalized spacial score (nSPS) is 11.0. The Morgan fingerprint density at radius 1 is 1.00 bits per heavy atom. The highest BCUT2D eigenvalue weighted by Gasteiger charge is 2.08. The highest BCUT2D eigenvalue weighted by molar-refractivity contribution is 5.84. The smallest absolute Gasteiger partial charge is 0.145 e. The zero-order chi connectivity index (χ0) is 17.9. The van der Waals surface area contributed by atoms with E-state index in [9.17, 15) is 0 Å². The Morgan fingerprint density at radius 3 is 2.69 bits per heavy atom. The average molecular weight is 345 g/mol. The lowest BCUT2D eigenvalue weighted by Gasteiger charge is -2.11. The Bertz CT molecular complexity index is 1040. The molecule has 130 valence electrons. The molecule has 0 aliphatic heterocycles. The van der Waals surface area contributed by atoms with Gasteiger partial charge in [-0.1, -0.05) is 18.2 Å². The van der Waals surface area contributed by atoms with Crippen molar-refractivity contribution in [2.24, 2.45) is 0 Å². The van der Waals surface area contributed by atoms with Gasteiger partial charge in [0.25, 0.3) is 0 Å². The molecule has 4 aromatic rings. The number of fused-ring (bicyclic) bond motifs is 1. The SMILES string of the molecule is Cc1ccc2cccc(OCCn3ccnc3-c3cnc(C)nc3)c2n1. The van der Waals surface area contributed by atoms with Crippen LogP contribution >= 0.6 is 0 Å². The third-order valence-corrected chi connectivity index (χ3v) is 4.17. The van der Waals surface area contributed by atoms with E-state index in [-0.39, 0.29) is 0 Å². The number of para-hydroxylation sites is 1. The van der Waals surface area contributed by atoms with Crippen LogP contribution in [0.2, 0.25) is 0 Å². The number of ether oxygens (including phenoxy) is 1. The van der Waals surface area contributed by atoms with E-state index < -0.39 is 0 Å². The molecule has 3 heterocycles. The van der Waals surface area contributed by atoms with Gasteiger partial charge in [0, 0.05) is 35.9 Å². The molecular weight excluding hydrogens is 326 g/mol. The van der Waals surface area contributed by atoms with Crippen LogP contribution in [0.3, 0.4) is 0 Å². The van der Waals surface area contributed by atoms with E-state index in [1.165, 1.54) is 0 Å². The lowest BCUT2D eigenvalue weighted by Crippen LogP contribution is -2.09. The molecule has 0 radical (unpaired) electrons. The van der Waals surface area contributed by atoms with Gasteiger partial charge in [0.05, 0.1) is 12.1 Å². The van der Waals surface area contributed by atoms with Crippen molar-refractivity contribution < 1.29 is 4.74 Å². The molecule has 4 rings (SSSR count). The van der Waals surface area contributed by atoms with E-state index in [0.29, 0.717) is 13.2 Å². The lowest BCUT2D eigenvalue weighted by atomic mass is 10.2. The summed E-state index contributed by atoms with van der Waals surface area (Å²) in [6.45, 7) is 5.04. The maximum absolute atomic E-state index is 6.02. The van der Waals surface area contributed by atoms with Gasteiger partial charge in [-0.3, -0.25) is 0 Å². The van der Waals surface area contributed by atoms with E-state index in [4.69, 9.17) is 4.74 Å². The van der Waals surface area contributed by atoms with Gasteiger partial charge < -0.3 is 9.30 Å². The Labute approximate surface area is 151 Å². The maximum Gasteiger partial charge on any atom is 0.145 e. The summed E-state index contributed by atoms with van der Waals surface area (Å²) in [5.41, 5.74) is 2.76. The Hall–Kier alpha value is -3.28. The molecule has 6 nitrogen and oxygen atoms in total. The fourth-order valence-corrected chi connectivity index (χ4v) is 2.85. The zero-order valence-corrected chi connectivity index (χ0v) is 14.8. The van der Waals surface area contributed by atoms with Crippen LogP contribution in [0.1, 0.15) is 11.5 Å². The van der Waals surface area contributed by atoms with Gasteiger partial charge in [-0.15, -0.1) is 0 Å². The van der Waals surface area contributed by atoms with E-state index in [1.54, 1.807) is 18.6 Å². The zero-order valence-electron chi connectivity index (χ0n) is 14.8. The largest absolute Gasteiger partial charge is 0.489 e. The van der Waals surface area contributed by atoms with Crippen LogP contribution in [0.25, 0.3) is 22.3 Å². The number of nitrogens with zero attached hydrogens (tertiary/aromatic N) is 5. The third-order valence-electron chi connectivity index (χ3n) is 4.17. The molecular formula is C20H19N5O. The summed E-state index contributed by atoms with van der Waals surface area (Å²) >= 11 is 0. The maximum atomic E-state index is 6.02. The molecule has 0 fully saturated rings. The number of aromatic nitrogens is 5. The molecule has 0 amide bonds. The standard InChI is InChI=1S/C20H19N5O/c1-14-6-7-16-4-3-5-18(19(16)24-14)26-11-10-25-9-8-21-20(25)17-12-22-15(2)23-13-17/h3-9,12-13H,10-11H2,1-2H3. The van der Waals surface area contributed by atoms with Crippen LogP contribution in [0, 0.1) is 13.8 Å². The topological polar surface area (TPSA) is 65.7 Å². The molecule has 1 aromatic carbocycles. The van der Waals surface area contributed by atoms with Crippen molar-refractivity contribution in [3.05, 3.63) is 66.6 Å². The minimum Gasteiger partial charge on any atom is -0.489 e. The van der Waals surface area contributed by atoms with Crippen molar-refractivity contribution in [3.8, 4) is 17.1 Å². The van der Waals surface area contributed by atoms with Crippen molar-refractivity contribution in [1.82, 2.24) is 24.5 Å². The number of rotatable bonds is 5. The number of imidazole rings is 1. The summed E-state index contributed by atoms with van der Waals surface area (Å²) in [5.74, 6) is 2.38. The molecule has 0 bridgehead atoms. The van der Waals surface area contributed by atoms with Crippen molar-refractivity contribution in [1.29, 1.82) is 0 Å². The van der Waals surface area contributed by atoms with Crippen molar-refractivity contribution in [3.63, 3.8) is 0 Å². The quantitative estimate of drug-likeness (QED) is 0.553. The summed E-state index contributed by atoms with van der Waals surface area (Å²) in [6.07, 6.45) is 7.29. The molecule has 0 unspecified atom stereocenters. The van der Waals surface area contributed by atoms with Gasteiger partial charge >= 0.3 is 0 Å². The molecule has 0 saturated heterocycles. The lowest BCUT2D eigenvalue weighted by molar-refractivity contribution is 0.302. The Balaban J connectivity index is 1.50. The third kappa shape index (κ3) is 3.26. The Morgan fingerprint density at radius 2 is 1.85 bits per heavy atom. The van der Waals surface area contributed by atoms with E-state index in [2.05, 4.69) is 26.0 Å². The fraction of sp³-hybridized carbons (Fsp3) is 0.200. The number of hydrogen-bond donors (Lipinski definition) is 0. The first-order chi connectivity index (χ1) is 12.7. The first-order valence-electron chi connectivity index (χ1n) is 8.50. The van der Waals surface area contributed by atoms with Crippen LogP contribution in [0.4, 0.5) is 0 Å². The first-order valence-corrected chi connectivity index (χ1v) is 8.50. The van der Waals surface area contributed by atoms with E-state index in [0.717, 1.165) is 39.6 Å². The number of aryl methyl sites for hydroxylation is 2. The second-order valence-corrected chi connectivity index (χ2v) is 6.09. The average Bonchev–Trinajstić information content (AvgIpc) is 3.11. The van der Waals surface area contributed by atoms with Crippen LogP contribution in [-0.2, 0) is 6.54 Å². The molecule has 0 aliphatic carbocycles. The fourth-order valence-electron chi connectivity index (χ4n) is 2.85. The highest BCUT2D eigenvalue weighted by atomic mass is 16.5. The first kappa shape index (κ1) is 16.2.